The first-order valence-electron chi connectivity index (χ1n) is 7.76. The Bertz CT molecular complexity index is 636. The van der Waals surface area contributed by atoms with Crippen molar-refractivity contribution in [3.05, 3.63) is 27.6 Å². The fourth-order valence-corrected chi connectivity index (χ4v) is 5.46. The predicted octanol–water partition coefficient (Wildman–Crippen LogP) is 4.20. The number of hydrogen-bond donors (Lipinski definition) is 0. The summed E-state index contributed by atoms with van der Waals surface area (Å²) in [5, 5.41) is 5.00. The van der Waals surface area contributed by atoms with Crippen LogP contribution in [0.3, 0.4) is 0 Å². The van der Waals surface area contributed by atoms with Crippen LogP contribution < -0.4 is 0 Å². The average molecular weight is 352 g/mol. The summed E-state index contributed by atoms with van der Waals surface area (Å²) in [5.74, 6) is 0.0578. The first-order chi connectivity index (χ1) is 10.5. The minimum atomic E-state index is -1.79. The van der Waals surface area contributed by atoms with Crippen molar-refractivity contribution in [1.29, 1.82) is 0 Å². The van der Waals surface area contributed by atoms with Gasteiger partial charge in [0.15, 0.2) is 5.78 Å². The van der Waals surface area contributed by atoms with E-state index >= 15 is 0 Å². The number of carbonyl (C=O) groups is 2. The number of rotatable bonds is 2. The fourth-order valence-electron chi connectivity index (χ4n) is 2.74. The van der Waals surface area contributed by atoms with Crippen LogP contribution in [0.2, 0.25) is 19.6 Å². The fraction of sp³-hybridized carbons (Fsp3) is 0.529. The molecule has 1 amide bonds. The molecular formula is C17H25NO3SSi. The predicted molar refractivity (Wildman–Crippen MR) is 97.4 cm³/mol. The van der Waals surface area contributed by atoms with E-state index in [0.29, 0.717) is 6.54 Å². The van der Waals surface area contributed by atoms with Crippen molar-refractivity contribution in [3.8, 4) is 0 Å². The molecule has 0 saturated heterocycles. The highest BCUT2D eigenvalue weighted by Gasteiger charge is 2.37. The van der Waals surface area contributed by atoms with Crippen LogP contribution in [0, 0.1) is 0 Å². The lowest BCUT2D eigenvalue weighted by Gasteiger charge is -2.35. The number of amides is 1. The van der Waals surface area contributed by atoms with Gasteiger partial charge in [-0.15, -0.1) is 0 Å². The van der Waals surface area contributed by atoms with Gasteiger partial charge < -0.3 is 4.74 Å². The second-order valence-electron chi connectivity index (χ2n) is 7.88. The van der Waals surface area contributed by atoms with Gasteiger partial charge in [-0.25, -0.2) is 4.79 Å². The normalized spacial score (nSPS) is 16.8. The molecular weight excluding hydrogens is 326 g/mol. The number of Topliss-reactive ketones (excluding diaryl/α,β-unsaturated/α-hetero) is 1. The van der Waals surface area contributed by atoms with Crippen LogP contribution in [0.5, 0.6) is 0 Å². The van der Waals surface area contributed by atoms with E-state index in [9.17, 15) is 9.59 Å². The molecule has 6 heteroatoms. The van der Waals surface area contributed by atoms with Crippen molar-refractivity contribution < 1.29 is 14.3 Å². The average Bonchev–Trinajstić information content (AvgIpc) is 2.87. The SMILES string of the molecule is CC(C)(C)OC(=O)N1CC(=O)C([Si](C)(C)C)=C(c2ccsc2)C1. The van der Waals surface area contributed by atoms with Crippen LogP contribution >= 0.6 is 11.3 Å². The third kappa shape index (κ3) is 4.32. The molecule has 4 nitrogen and oxygen atoms in total. The van der Waals surface area contributed by atoms with Crippen molar-refractivity contribution in [1.82, 2.24) is 4.90 Å². The summed E-state index contributed by atoms with van der Waals surface area (Å²) in [7, 11) is -1.79. The van der Waals surface area contributed by atoms with Gasteiger partial charge in [0.1, 0.15) is 5.60 Å². The van der Waals surface area contributed by atoms with Gasteiger partial charge in [-0.3, -0.25) is 9.69 Å². The molecule has 1 aliphatic rings. The number of nitrogens with zero attached hydrogens (tertiary/aromatic N) is 1. The van der Waals surface area contributed by atoms with Crippen molar-refractivity contribution >= 4 is 36.9 Å². The van der Waals surface area contributed by atoms with E-state index in [1.807, 2.05) is 37.6 Å². The van der Waals surface area contributed by atoms with Gasteiger partial charge in [-0.05, 0) is 53.9 Å². The van der Waals surface area contributed by atoms with Gasteiger partial charge in [0.05, 0.1) is 21.2 Å². The Labute approximate surface area is 143 Å². The zero-order valence-corrected chi connectivity index (χ0v) is 16.5. The smallest absolute Gasteiger partial charge is 0.411 e. The first kappa shape index (κ1) is 17.9. The van der Waals surface area contributed by atoms with Crippen LogP contribution in [0.4, 0.5) is 4.79 Å². The molecule has 1 aromatic rings. The maximum atomic E-state index is 12.8. The molecule has 0 aliphatic carbocycles. The number of thiophene rings is 1. The monoisotopic (exact) mass is 351 g/mol. The van der Waals surface area contributed by atoms with E-state index in [1.54, 1.807) is 11.3 Å². The number of ketones is 1. The topological polar surface area (TPSA) is 46.6 Å². The molecule has 126 valence electrons. The summed E-state index contributed by atoms with van der Waals surface area (Å²) in [6.07, 6.45) is -0.423. The molecule has 23 heavy (non-hydrogen) atoms. The first-order valence-corrected chi connectivity index (χ1v) is 12.2. The highest BCUT2D eigenvalue weighted by atomic mass is 32.1. The van der Waals surface area contributed by atoms with Gasteiger partial charge in [-0.1, -0.05) is 19.6 Å². The van der Waals surface area contributed by atoms with Crippen molar-refractivity contribution in [3.63, 3.8) is 0 Å². The van der Waals surface area contributed by atoms with Gasteiger partial charge in [-0.2, -0.15) is 11.3 Å². The molecule has 0 N–H and O–H groups in total. The van der Waals surface area contributed by atoms with Crippen molar-refractivity contribution in [2.75, 3.05) is 13.1 Å². The molecule has 2 heterocycles. The summed E-state index contributed by atoms with van der Waals surface area (Å²) in [6, 6.07) is 2.02. The van der Waals surface area contributed by atoms with Crippen LogP contribution in [-0.2, 0) is 9.53 Å². The molecule has 1 aromatic heterocycles. The molecule has 0 aromatic carbocycles. The number of hydrogen-bond acceptors (Lipinski definition) is 4. The quantitative estimate of drug-likeness (QED) is 0.750. The molecule has 0 atom stereocenters. The molecule has 0 bridgehead atoms. The van der Waals surface area contributed by atoms with E-state index in [0.717, 1.165) is 16.3 Å². The molecule has 0 unspecified atom stereocenters. The maximum Gasteiger partial charge on any atom is 0.411 e. The van der Waals surface area contributed by atoms with Gasteiger partial charge in [0.25, 0.3) is 0 Å². The molecule has 0 saturated carbocycles. The van der Waals surface area contributed by atoms with Crippen molar-refractivity contribution in [2.24, 2.45) is 0 Å². The zero-order valence-electron chi connectivity index (χ0n) is 14.7. The molecule has 0 spiro atoms. The Morgan fingerprint density at radius 1 is 1.26 bits per heavy atom. The number of ether oxygens (including phenoxy) is 1. The summed E-state index contributed by atoms with van der Waals surface area (Å²) in [5.41, 5.74) is 1.48. The Kier molecular flexibility index (Phi) is 4.87. The summed E-state index contributed by atoms with van der Waals surface area (Å²) >= 11 is 1.60. The Hall–Kier alpha value is -1.40. The highest BCUT2D eigenvalue weighted by molar-refractivity contribution is 7.08. The van der Waals surface area contributed by atoms with Crippen LogP contribution in [0.15, 0.2) is 22.0 Å². The van der Waals surface area contributed by atoms with E-state index in [-0.39, 0.29) is 12.3 Å². The summed E-state index contributed by atoms with van der Waals surface area (Å²) in [6.45, 7) is 12.6. The maximum absolute atomic E-state index is 12.8. The third-order valence-corrected chi connectivity index (χ3v) is 6.30. The Morgan fingerprint density at radius 2 is 1.91 bits per heavy atom. The number of carbonyl (C=O) groups excluding carboxylic acids is 2. The van der Waals surface area contributed by atoms with Crippen LogP contribution in [-0.4, -0.2) is 43.5 Å². The van der Waals surface area contributed by atoms with Crippen molar-refractivity contribution in [2.45, 2.75) is 46.0 Å². The van der Waals surface area contributed by atoms with E-state index in [2.05, 4.69) is 19.6 Å². The van der Waals surface area contributed by atoms with Gasteiger partial charge in [0.2, 0.25) is 0 Å². The minimum absolute atomic E-state index is 0.0578. The summed E-state index contributed by atoms with van der Waals surface area (Å²) < 4.78 is 5.44. The lowest BCUT2D eigenvalue weighted by molar-refractivity contribution is -0.116. The third-order valence-electron chi connectivity index (χ3n) is 3.54. The second kappa shape index (κ2) is 6.24. The zero-order chi connectivity index (χ0) is 17.4. The molecule has 1 aliphatic heterocycles. The molecule has 0 radical (unpaired) electrons. The molecule has 0 fully saturated rings. The highest BCUT2D eigenvalue weighted by Crippen LogP contribution is 2.32. The summed E-state index contributed by atoms with van der Waals surface area (Å²) in [4.78, 5) is 26.6. The van der Waals surface area contributed by atoms with E-state index in [4.69, 9.17) is 4.74 Å². The lowest BCUT2D eigenvalue weighted by Crippen LogP contribution is -2.47. The Morgan fingerprint density at radius 3 is 2.39 bits per heavy atom. The van der Waals surface area contributed by atoms with Gasteiger partial charge >= 0.3 is 6.09 Å². The van der Waals surface area contributed by atoms with Gasteiger partial charge in [0, 0.05) is 0 Å². The minimum Gasteiger partial charge on any atom is -0.444 e. The van der Waals surface area contributed by atoms with Crippen LogP contribution in [0.1, 0.15) is 26.3 Å². The van der Waals surface area contributed by atoms with E-state index < -0.39 is 19.8 Å². The second-order valence-corrected chi connectivity index (χ2v) is 13.7. The van der Waals surface area contributed by atoms with E-state index in [1.165, 1.54) is 4.90 Å². The standard InChI is InChI=1S/C17H25NO3SSi/c1-17(2,3)21-16(20)18-9-13(12-7-8-22-11-12)15(14(19)10-18)23(4,5)6/h7-8,11H,9-10H2,1-6H3. The van der Waals surface area contributed by atoms with Crippen LogP contribution in [0.25, 0.3) is 5.57 Å². The Balaban J connectivity index is 2.39. The largest absolute Gasteiger partial charge is 0.444 e. The lowest BCUT2D eigenvalue weighted by atomic mass is 10.0. The molecule has 2 rings (SSSR count).